The number of aliphatic imine (C=N–C) groups is 1. The summed E-state index contributed by atoms with van der Waals surface area (Å²) in [5.41, 5.74) is 3.85. The van der Waals surface area contributed by atoms with Gasteiger partial charge in [0.2, 0.25) is 0 Å². The fourth-order valence-electron chi connectivity index (χ4n) is 3.38. The van der Waals surface area contributed by atoms with Crippen molar-refractivity contribution in [3.05, 3.63) is 34.2 Å². The average Bonchev–Trinajstić information content (AvgIpc) is 3.17. The molecule has 0 radical (unpaired) electrons. The van der Waals surface area contributed by atoms with Crippen molar-refractivity contribution < 1.29 is 22.7 Å². The molecule has 2 aliphatic rings. The minimum atomic E-state index is -4.62. The number of amidine groups is 1. The number of nitrogens with one attached hydrogen (secondary N) is 1. The third-order valence-electron chi connectivity index (χ3n) is 4.91. The zero-order chi connectivity index (χ0) is 21.5. The van der Waals surface area contributed by atoms with Crippen molar-refractivity contribution in [3.63, 3.8) is 0 Å². The monoisotopic (exact) mass is 458 g/mol. The molecule has 0 spiro atoms. The Bertz CT molecular complexity index is 981. The molecule has 2 aromatic heterocycles. The van der Waals surface area contributed by atoms with Gasteiger partial charge >= 0.3 is 6.18 Å². The third-order valence-corrected chi connectivity index (χ3v) is 6.88. The van der Waals surface area contributed by atoms with Crippen LogP contribution in [0.1, 0.15) is 34.5 Å². The van der Waals surface area contributed by atoms with E-state index in [1.165, 1.54) is 23.1 Å². The Balaban J connectivity index is 1.54. The highest BCUT2D eigenvalue weighted by Crippen LogP contribution is 2.47. The minimum absolute atomic E-state index is 0.107. The Morgan fingerprint density at radius 1 is 1.37 bits per heavy atom. The highest BCUT2D eigenvalue weighted by atomic mass is 32.2. The van der Waals surface area contributed by atoms with Crippen LogP contribution < -0.4 is 11.1 Å². The molecule has 0 aromatic carbocycles. The number of rotatable bonds is 3. The molecule has 1 unspecified atom stereocenters. The van der Waals surface area contributed by atoms with Gasteiger partial charge in [-0.25, -0.2) is 19.9 Å². The van der Waals surface area contributed by atoms with E-state index in [9.17, 15) is 18.0 Å². The van der Waals surface area contributed by atoms with Crippen LogP contribution in [0.4, 0.5) is 19.0 Å². The molecule has 0 bridgehead atoms. The molecule has 2 aromatic rings. The Morgan fingerprint density at radius 3 is 2.87 bits per heavy atom. The number of ether oxygens (including phenoxy) is 1. The average molecular weight is 458 g/mol. The molecule has 4 heterocycles. The van der Waals surface area contributed by atoms with Gasteiger partial charge in [0, 0.05) is 17.1 Å². The fourth-order valence-corrected chi connectivity index (χ4v) is 5.35. The maximum Gasteiger partial charge on any atom is 0.434 e. The molecule has 1 saturated heterocycles. The Morgan fingerprint density at radius 2 is 2.17 bits per heavy atom. The van der Waals surface area contributed by atoms with Crippen molar-refractivity contribution in [2.24, 2.45) is 16.6 Å². The largest absolute Gasteiger partial charge is 0.434 e. The number of anilines is 1. The van der Waals surface area contributed by atoms with E-state index in [0.29, 0.717) is 23.0 Å². The summed E-state index contributed by atoms with van der Waals surface area (Å²) >= 11 is 2.82. The number of amides is 1. The number of thioether (sulfide) groups is 1. The first-order chi connectivity index (χ1) is 14.2. The number of thiazole rings is 1. The first kappa shape index (κ1) is 21.0. The van der Waals surface area contributed by atoms with Crippen LogP contribution >= 0.6 is 23.1 Å². The number of halogens is 3. The first-order valence-corrected chi connectivity index (χ1v) is 10.8. The van der Waals surface area contributed by atoms with Crippen LogP contribution in [-0.2, 0) is 16.5 Å². The van der Waals surface area contributed by atoms with Crippen molar-refractivity contribution in [2.75, 3.05) is 17.7 Å². The summed E-state index contributed by atoms with van der Waals surface area (Å²) in [6.45, 7) is 2.35. The minimum Gasteiger partial charge on any atom is -0.379 e. The lowest BCUT2D eigenvalue weighted by molar-refractivity contribution is -0.141. The van der Waals surface area contributed by atoms with Crippen LogP contribution in [0.15, 0.2) is 22.8 Å². The van der Waals surface area contributed by atoms with Crippen molar-refractivity contribution in [3.8, 4) is 0 Å². The Hall–Kier alpha value is -2.25. The van der Waals surface area contributed by atoms with Crippen molar-refractivity contribution in [1.29, 1.82) is 0 Å². The van der Waals surface area contributed by atoms with E-state index in [2.05, 4.69) is 25.3 Å². The van der Waals surface area contributed by atoms with Gasteiger partial charge in [-0.05, 0) is 13.3 Å². The molecule has 2 aliphatic heterocycles. The fraction of sp³-hybridized carbons (Fsp3) is 0.471. The van der Waals surface area contributed by atoms with E-state index in [1.54, 1.807) is 5.38 Å². The number of nitrogens with two attached hydrogens (primary N) is 1. The van der Waals surface area contributed by atoms with Crippen molar-refractivity contribution >= 4 is 40.0 Å². The molecule has 0 aliphatic carbocycles. The summed E-state index contributed by atoms with van der Waals surface area (Å²) in [6.07, 6.45) is -2.41. The standard InChI is InChI=1S/C17H17F3N6O2S2/c1-8-2-9-5-30-15(21)26-16(9,7-28-8)14-25-12(6-29-14)24-13(27)10-3-23-11(4-22-10)17(18,19)20/h3-4,6,8-9H,2,5,7H2,1H3,(H2,21,26)(H,24,27)/t8-,9-,16?/m0/s1. The van der Waals surface area contributed by atoms with Gasteiger partial charge in [0.15, 0.2) is 10.9 Å². The van der Waals surface area contributed by atoms with Gasteiger partial charge < -0.3 is 15.8 Å². The number of hydrogen-bond donors (Lipinski definition) is 2. The first-order valence-electron chi connectivity index (χ1n) is 8.94. The SMILES string of the molecule is C[C@H]1C[C@H]2CSC(N)=NC2(c2nc(NC(=O)c3cnc(C(F)(F)F)cn3)cs2)CO1. The molecule has 8 nitrogen and oxygen atoms in total. The molecule has 4 rings (SSSR count). The lowest BCUT2D eigenvalue weighted by Crippen LogP contribution is -2.49. The topological polar surface area (TPSA) is 115 Å². The van der Waals surface area contributed by atoms with E-state index in [0.717, 1.165) is 18.4 Å². The van der Waals surface area contributed by atoms with Gasteiger partial charge in [0.25, 0.3) is 5.91 Å². The quantitative estimate of drug-likeness (QED) is 0.727. The van der Waals surface area contributed by atoms with Crippen LogP contribution in [-0.4, -0.2) is 44.5 Å². The molecule has 1 amide bonds. The molecular formula is C17H17F3N6O2S2. The maximum absolute atomic E-state index is 12.6. The van der Waals surface area contributed by atoms with Gasteiger partial charge in [-0.1, -0.05) is 11.8 Å². The highest BCUT2D eigenvalue weighted by molar-refractivity contribution is 8.13. The predicted octanol–water partition coefficient (Wildman–Crippen LogP) is 2.89. The normalized spacial score (nSPS) is 26.6. The summed E-state index contributed by atoms with van der Waals surface area (Å²) < 4.78 is 43.6. The molecule has 13 heteroatoms. The van der Waals surface area contributed by atoms with Gasteiger partial charge in [-0.2, -0.15) is 13.2 Å². The molecule has 0 saturated carbocycles. The number of alkyl halides is 3. The van der Waals surface area contributed by atoms with Crippen LogP contribution in [0.25, 0.3) is 0 Å². The zero-order valence-electron chi connectivity index (χ0n) is 15.6. The Labute approximate surface area is 177 Å². The number of carbonyl (C=O) groups excluding carboxylic acids is 1. The lowest BCUT2D eigenvalue weighted by Gasteiger charge is -2.44. The second-order valence-corrected chi connectivity index (χ2v) is 8.91. The maximum atomic E-state index is 12.6. The van der Waals surface area contributed by atoms with Crippen LogP contribution in [0.5, 0.6) is 0 Å². The number of fused-ring (bicyclic) bond motifs is 1. The van der Waals surface area contributed by atoms with E-state index in [4.69, 9.17) is 10.5 Å². The van der Waals surface area contributed by atoms with Crippen LogP contribution in [0, 0.1) is 5.92 Å². The Kier molecular flexibility index (Phi) is 5.45. The van der Waals surface area contributed by atoms with E-state index >= 15 is 0 Å². The van der Waals surface area contributed by atoms with E-state index in [-0.39, 0.29) is 23.5 Å². The number of aromatic nitrogens is 3. The van der Waals surface area contributed by atoms with Crippen LogP contribution in [0.2, 0.25) is 0 Å². The van der Waals surface area contributed by atoms with Gasteiger partial charge in [-0.15, -0.1) is 11.3 Å². The summed E-state index contributed by atoms with van der Waals surface area (Å²) in [4.78, 5) is 28.3. The van der Waals surface area contributed by atoms with Crippen molar-refractivity contribution in [2.45, 2.75) is 31.2 Å². The van der Waals surface area contributed by atoms with Gasteiger partial charge in [0.1, 0.15) is 22.1 Å². The summed E-state index contributed by atoms with van der Waals surface area (Å²) in [7, 11) is 0. The number of nitrogens with zero attached hydrogens (tertiary/aromatic N) is 4. The molecule has 30 heavy (non-hydrogen) atoms. The van der Waals surface area contributed by atoms with Gasteiger partial charge in [-0.3, -0.25) is 4.79 Å². The lowest BCUT2D eigenvalue weighted by atomic mass is 9.80. The highest BCUT2D eigenvalue weighted by Gasteiger charge is 2.49. The van der Waals surface area contributed by atoms with Crippen molar-refractivity contribution in [1.82, 2.24) is 15.0 Å². The number of carbonyl (C=O) groups is 1. The molecule has 160 valence electrons. The molecule has 1 fully saturated rings. The summed E-state index contributed by atoms with van der Waals surface area (Å²) in [5.74, 6) is 0.526. The van der Waals surface area contributed by atoms with E-state index < -0.39 is 23.3 Å². The van der Waals surface area contributed by atoms with Gasteiger partial charge in [0.05, 0.1) is 25.1 Å². The third kappa shape index (κ3) is 4.01. The second-order valence-electron chi connectivity index (χ2n) is 7.02. The van der Waals surface area contributed by atoms with Crippen LogP contribution in [0.3, 0.4) is 0 Å². The van der Waals surface area contributed by atoms with E-state index in [1.807, 2.05) is 6.92 Å². The molecule has 3 atom stereocenters. The zero-order valence-corrected chi connectivity index (χ0v) is 17.3. The smallest absolute Gasteiger partial charge is 0.379 e. The number of hydrogen-bond acceptors (Lipinski definition) is 9. The predicted molar refractivity (Wildman–Crippen MR) is 106 cm³/mol. The molecular weight excluding hydrogens is 441 g/mol. The summed E-state index contributed by atoms with van der Waals surface area (Å²) in [6, 6.07) is 0. The second kappa shape index (κ2) is 7.78. The molecule has 3 N–H and O–H groups in total. The summed E-state index contributed by atoms with van der Waals surface area (Å²) in [5, 5.41) is 5.31.